The van der Waals surface area contributed by atoms with Crippen LogP contribution in [0, 0.1) is 11.7 Å². The fourth-order valence-electron chi connectivity index (χ4n) is 3.13. The summed E-state index contributed by atoms with van der Waals surface area (Å²) < 4.78 is 19.0. The lowest BCUT2D eigenvalue weighted by atomic mass is 10.1. The molecule has 1 aliphatic heterocycles. The van der Waals surface area contributed by atoms with Gasteiger partial charge in [0.15, 0.2) is 5.96 Å². The number of aliphatic imine (C=N–C) groups is 1. The van der Waals surface area contributed by atoms with Crippen LogP contribution in [0.15, 0.2) is 29.3 Å². The van der Waals surface area contributed by atoms with E-state index >= 15 is 0 Å². The van der Waals surface area contributed by atoms with E-state index in [1.54, 1.807) is 13.2 Å². The molecule has 0 saturated carbocycles. The van der Waals surface area contributed by atoms with Crippen LogP contribution in [0.3, 0.4) is 0 Å². The average molecular weight is 464 g/mol. The van der Waals surface area contributed by atoms with Crippen molar-refractivity contribution in [3.05, 3.63) is 30.1 Å². The molecule has 0 bridgehead atoms. The summed E-state index contributed by atoms with van der Waals surface area (Å²) in [7, 11) is 5.49. The van der Waals surface area contributed by atoms with Gasteiger partial charge in [0.25, 0.3) is 0 Å². The first-order chi connectivity index (χ1) is 11.7. The SMILES string of the molecule is CN=C(NCCCN(C)c1ccccc1F)N1CCC(COC)C1.I. The molecule has 1 fully saturated rings. The Morgan fingerprint density at radius 3 is 2.88 bits per heavy atom. The van der Waals surface area contributed by atoms with Gasteiger partial charge >= 0.3 is 0 Å². The molecule has 7 heteroatoms. The highest BCUT2D eigenvalue weighted by molar-refractivity contribution is 14.0. The summed E-state index contributed by atoms with van der Waals surface area (Å²) in [5.41, 5.74) is 0.642. The number of anilines is 1. The molecule has 1 heterocycles. The van der Waals surface area contributed by atoms with Crippen LogP contribution >= 0.6 is 24.0 Å². The maximum absolute atomic E-state index is 13.7. The van der Waals surface area contributed by atoms with Crippen molar-refractivity contribution in [1.82, 2.24) is 10.2 Å². The molecule has 142 valence electrons. The summed E-state index contributed by atoms with van der Waals surface area (Å²) in [4.78, 5) is 8.60. The van der Waals surface area contributed by atoms with Crippen molar-refractivity contribution in [3.63, 3.8) is 0 Å². The molecule has 1 aromatic rings. The number of benzene rings is 1. The van der Waals surface area contributed by atoms with E-state index in [1.807, 2.05) is 31.1 Å². The summed E-state index contributed by atoms with van der Waals surface area (Å²) in [5.74, 6) is 1.35. The molecule has 1 unspecified atom stereocenters. The third-order valence-electron chi connectivity index (χ3n) is 4.42. The zero-order chi connectivity index (χ0) is 17.4. The molecular weight excluding hydrogens is 434 g/mol. The van der Waals surface area contributed by atoms with Gasteiger partial charge in [-0.05, 0) is 25.0 Å². The van der Waals surface area contributed by atoms with Crippen molar-refractivity contribution in [3.8, 4) is 0 Å². The van der Waals surface area contributed by atoms with Gasteiger partial charge in [0.05, 0.1) is 12.3 Å². The van der Waals surface area contributed by atoms with Gasteiger partial charge in [0.2, 0.25) is 0 Å². The van der Waals surface area contributed by atoms with Gasteiger partial charge in [-0.2, -0.15) is 0 Å². The Morgan fingerprint density at radius 2 is 2.20 bits per heavy atom. The third kappa shape index (κ3) is 6.62. The maximum atomic E-state index is 13.7. The number of hydrogen-bond donors (Lipinski definition) is 1. The molecular formula is C18H30FIN4O. The quantitative estimate of drug-likeness (QED) is 0.292. The number of rotatable bonds is 7. The van der Waals surface area contributed by atoms with Crippen molar-refractivity contribution in [1.29, 1.82) is 0 Å². The van der Waals surface area contributed by atoms with Crippen LogP contribution in [-0.4, -0.2) is 64.9 Å². The number of ether oxygens (including phenoxy) is 1. The Balaban J connectivity index is 0.00000312. The van der Waals surface area contributed by atoms with Gasteiger partial charge in [-0.15, -0.1) is 24.0 Å². The summed E-state index contributed by atoms with van der Waals surface area (Å²) in [6, 6.07) is 6.88. The molecule has 1 N–H and O–H groups in total. The molecule has 0 radical (unpaired) electrons. The smallest absolute Gasteiger partial charge is 0.193 e. The third-order valence-corrected chi connectivity index (χ3v) is 4.42. The maximum Gasteiger partial charge on any atom is 0.193 e. The number of likely N-dealkylation sites (tertiary alicyclic amines) is 1. The number of hydrogen-bond acceptors (Lipinski definition) is 3. The van der Waals surface area contributed by atoms with E-state index in [0.29, 0.717) is 11.6 Å². The fraction of sp³-hybridized carbons (Fsp3) is 0.611. The summed E-state index contributed by atoms with van der Waals surface area (Å²) in [6.45, 7) is 4.42. The van der Waals surface area contributed by atoms with Gasteiger partial charge in [-0.3, -0.25) is 4.99 Å². The van der Waals surface area contributed by atoms with Crippen LogP contribution in [-0.2, 0) is 4.74 Å². The van der Waals surface area contributed by atoms with Gasteiger partial charge < -0.3 is 19.9 Å². The minimum absolute atomic E-state index is 0. The second-order valence-electron chi connectivity index (χ2n) is 6.26. The second-order valence-corrected chi connectivity index (χ2v) is 6.26. The minimum atomic E-state index is -0.176. The molecule has 1 aliphatic rings. The summed E-state index contributed by atoms with van der Waals surface area (Å²) in [5, 5.41) is 3.41. The Hall–Kier alpha value is -1.09. The highest BCUT2D eigenvalue weighted by Crippen LogP contribution is 2.17. The number of para-hydroxylation sites is 1. The normalized spacial score (nSPS) is 17.4. The van der Waals surface area contributed by atoms with Crippen LogP contribution < -0.4 is 10.2 Å². The minimum Gasteiger partial charge on any atom is -0.384 e. The Kier molecular flexibility index (Phi) is 10.1. The monoisotopic (exact) mass is 464 g/mol. The molecule has 0 aliphatic carbocycles. The van der Waals surface area contributed by atoms with Crippen LogP contribution in [0.5, 0.6) is 0 Å². The fourth-order valence-corrected chi connectivity index (χ4v) is 3.13. The van der Waals surface area contributed by atoms with Crippen molar-refractivity contribution < 1.29 is 9.13 Å². The molecule has 1 atom stereocenters. The lowest BCUT2D eigenvalue weighted by Gasteiger charge is -2.23. The standard InChI is InChI=1S/C18H29FN4O.HI/c1-20-18(23-12-9-15(13-23)14-24-3)21-10-6-11-22(2)17-8-5-4-7-16(17)19;/h4-5,7-8,15H,6,9-14H2,1-3H3,(H,20,21);1H. The number of guanidine groups is 1. The molecule has 0 aromatic heterocycles. The zero-order valence-electron chi connectivity index (χ0n) is 15.4. The van der Waals surface area contributed by atoms with E-state index in [9.17, 15) is 4.39 Å². The first-order valence-electron chi connectivity index (χ1n) is 8.56. The van der Waals surface area contributed by atoms with Gasteiger partial charge in [-0.25, -0.2) is 4.39 Å². The van der Waals surface area contributed by atoms with Gasteiger partial charge in [0.1, 0.15) is 5.82 Å². The number of nitrogens with one attached hydrogen (secondary N) is 1. The predicted octanol–water partition coefficient (Wildman–Crippen LogP) is 2.81. The van der Waals surface area contributed by atoms with E-state index in [0.717, 1.165) is 51.6 Å². The zero-order valence-corrected chi connectivity index (χ0v) is 17.7. The van der Waals surface area contributed by atoms with E-state index in [4.69, 9.17) is 4.74 Å². The van der Waals surface area contributed by atoms with Crippen molar-refractivity contribution >= 4 is 35.6 Å². The molecule has 0 spiro atoms. The summed E-state index contributed by atoms with van der Waals surface area (Å²) in [6.07, 6.45) is 2.06. The average Bonchev–Trinajstić information content (AvgIpc) is 3.04. The van der Waals surface area contributed by atoms with E-state index in [1.165, 1.54) is 6.07 Å². The highest BCUT2D eigenvalue weighted by Gasteiger charge is 2.24. The molecule has 2 rings (SSSR count). The molecule has 5 nitrogen and oxygen atoms in total. The lowest BCUT2D eigenvalue weighted by molar-refractivity contribution is 0.157. The molecule has 25 heavy (non-hydrogen) atoms. The number of halogens is 2. The first-order valence-corrected chi connectivity index (χ1v) is 8.56. The van der Waals surface area contributed by atoms with E-state index in [2.05, 4.69) is 15.2 Å². The van der Waals surface area contributed by atoms with Crippen molar-refractivity contribution in [2.24, 2.45) is 10.9 Å². The van der Waals surface area contributed by atoms with Crippen LogP contribution in [0.25, 0.3) is 0 Å². The summed E-state index contributed by atoms with van der Waals surface area (Å²) >= 11 is 0. The number of methoxy groups -OCH3 is 1. The largest absolute Gasteiger partial charge is 0.384 e. The van der Waals surface area contributed by atoms with Gasteiger partial charge in [-0.1, -0.05) is 12.1 Å². The first kappa shape index (κ1) is 22.0. The Morgan fingerprint density at radius 1 is 1.44 bits per heavy atom. The Bertz CT molecular complexity index is 544. The molecule has 0 amide bonds. The van der Waals surface area contributed by atoms with E-state index in [-0.39, 0.29) is 29.8 Å². The second kappa shape index (κ2) is 11.5. The van der Waals surface area contributed by atoms with Crippen LogP contribution in [0.1, 0.15) is 12.8 Å². The molecule has 1 saturated heterocycles. The van der Waals surface area contributed by atoms with Crippen molar-refractivity contribution in [2.45, 2.75) is 12.8 Å². The highest BCUT2D eigenvalue weighted by atomic mass is 127. The molecule has 1 aromatic carbocycles. The lowest BCUT2D eigenvalue weighted by Crippen LogP contribution is -2.41. The Labute approximate surface area is 167 Å². The topological polar surface area (TPSA) is 40.1 Å². The van der Waals surface area contributed by atoms with Crippen LogP contribution in [0.2, 0.25) is 0 Å². The number of nitrogens with zero attached hydrogens (tertiary/aromatic N) is 3. The van der Waals surface area contributed by atoms with E-state index < -0.39 is 0 Å². The van der Waals surface area contributed by atoms with Crippen molar-refractivity contribution in [2.75, 3.05) is 58.9 Å². The van der Waals surface area contributed by atoms with Crippen LogP contribution in [0.4, 0.5) is 10.1 Å². The van der Waals surface area contributed by atoms with Gasteiger partial charge in [0, 0.05) is 53.3 Å². The predicted molar refractivity (Wildman–Crippen MR) is 113 cm³/mol.